The summed E-state index contributed by atoms with van der Waals surface area (Å²) in [6.45, 7) is 11.0. The summed E-state index contributed by atoms with van der Waals surface area (Å²) in [5, 5.41) is 5.77. The molecule has 2 N–H and O–H groups in total. The number of aromatic nitrogens is 2. The number of fused-ring (bicyclic) bond motifs is 2. The summed E-state index contributed by atoms with van der Waals surface area (Å²) in [5.41, 5.74) is 2.10. The largest absolute Gasteiger partial charge is 0.489 e. The average Bonchev–Trinajstić information content (AvgIpc) is 4.01. The molecule has 4 aliphatic heterocycles. The molecule has 7 heterocycles. The molecule has 16 nitrogen and oxygen atoms in total. The highest BCUT2D eigenvalue weighted by Crippen LogP contribution is 2.35. The first kappa shape index (κ1) is 45.1. The number of nitrogens with one attached hydrogen (secondary N) is 2. The van der Waals surface area contributed by atoms with E-state index in [0.29, 0.717) is 18.4 Å². The lowest BCUT2D eigenvalue weighted by atomic mass is 9.83. The second-order valence-electron chi connectivity index (χ2n) is 19.1. The molecule has 350 valence electrons. The number of furan rings is 1. The number of carbonyl (C=O) groups excluding carboxylic acids is 2. The number of rotatable bonds is 15. The first-order valence-corrected chi connectivity index (χ1v) is 26.0. The number of amides is 2. The molecule has 0 radical (unpaired) electrons. The van der Waals surface area contributed by atoms with E-state index < -0.39 is 38.9 Å². The summed E-state index contributed by atoms with van der Waals surface area (Å²) in [4.78, 5) is 47.3. The van der Waals surface area contributed by atoms with Crippen LogP contribution in [0, 0.1) is 17.8 Å². The summed E-state index contributed by atoms with van der Waals surface area (Å²) in [6.07, 6.45) is 15.9. The van der Waals surface area contributed by atoms with Crippen LogP contribution in [0.2, 0.25) is 0 Å². The number of pyridine rings is 2. The van der Waals surface area contributed by atoms with Gasteiger partial charge in [-0.3, -0.25) is 19.4 Å². The van der Waals surface area contributed by atoms with Crippen LogP contribution in [0.1, 0.15) is 69.8 Å². The van der Waals surface area contributed by atoms with Crippen molar-refractivity contribution in [2.75, 3.05) is 108 Å². The van der Waals surface area contributed by atoms with E-state index in [1.165, 1.54) is 5.56 Å². The molecular formula is C47H68N8O8S. The van der Waals surface area contributed by atoms with Gasteiger partial charge in [0.2, 0.25) is 11.8 Å². The maximum Gasteiger partial charge on any atom is 0.239 e. The van der Waals surface area contributed by atoms with E-state index in [0.717, 1.165) is 177 Å². The Kier molecular flexibility index (Phi) is 14.6. The van der Waals surface area contributed by atoms with Crippen molar-refractivity contribution in [3.63, 3.8) is 0 Å². The van der Waals surface area contributed by atoms with Crippen molar-refractivity contribution in [2.24, 2.45) is 17.8 Å². The van der Waals surface area contributed by atoms with Gasteiger partial charge in [-0.1, -0.05) is 0 Å². The Morgan fingerprint density at radius 3 is 1.94 bits per heavy atom. The van der Waals surface area contributed by atoms with Gasteiger partial charge in [0.15, 0.2) is 38.1 Å². The van der Waals surface area contributed by atoms with Crippen molar-refractivity contribution in [3.05, 3.63) is 42.4 Å². The van der Waals surface area contributed by atoms with Crippen molar-refractivity contribution >= 4 is 44.3 Å². The molecule has 2 aliphatic carbocycles. The molecule has 64 heavy (non-hydrogen) atoms. The molecule has 6 aliphatic rings. The monoisotopic (exact) mass is 904 g/mol. The summed E-state index contributed by atoms with van der Waals surface area (Å²) < 4.78 is 50.4. The zero-order valence-corrected chi connectivity index (χ0v) is 38.4. The first-order chi connectivity index (χ1) is 31.2. The van der Waals surface area contributed by atoms with Gasteiger partial charge >= 0.3 is 0 Å². The summed E-state index contributed by atoms with van der Waals surface area (Å²) >= 11 is 0. The minimum Gasteiger partial charge on any atom is -0.489 e. The molecule has 5 fully saturated rings. The fourth-order valence-corrected chi connectivity index (χ4v) is 12.4. The predicted molar refractivity (Wildman–Crippen MR) is 244 cm³/mol. The SMILES string of the molecule is CS(=O)(=O)C(C(=O)NC1CCC(CCN2CCN(c3nccc4ccoc34)CC2)CC1)C(C(=O)NC1CCC(CCN2CCN(c3nccc4c3OCC4)CC2)CC1)C1COCCO1. The van der Waals surface area contributed by atoms with Crippen molar-refractivity contribution in [3.8, 4) is 5.75 Å². The van der Waals surface area contributed by atoms with E-state index in [1.807, 2.05) is 24.5 Å². The molecule has 2 amide bonds. The molecule has 0 spiro atoms. The molecule has 3 saturated heterocycles. The quantitative estimate of drug-likeness (QED) is 0.226. The van der Waals surface area contributed by atoms with Crippen molar-refractivity contribution in [1.29, 1.82) is 0 Å². The van der Waals surface area contributed by atoms with E-state index in [-0.39, 0.29) is 25.3 Å². The normalized spacial score (nSPS) is 27.1. The maximum absolute atomic E-state index is 14.2. The third-order valence-electron chi connectivity index (χ3n) is 15.0. The van der Waals surface area contributed by atoms with Gasteiger partial charge in [0, 0.05) is 100 Å². The lowest BCUT2D eigenvalue weighted by Crippen LogP contribution is -2.58. The second-order valence-corrected chi connectivity index (χ2v) is 21.3. The number of hydrogen-bond donors (Lipinski definition) is 2. The Morgan fingerprint density at radius 1 is 0.734 bits per heavy atom. The van der Waals surface area contributed by atoms with Crippen LogP contribution in [-0.4, -0.2) is 162 Å². The van der Waals surface area contributed by atoms with Gasteiger partial charge in [-0.2, -0.15) is 0 Å². The minimum absolute atomic E-state index is 0.0629. The average molecular weight is 905 g/mol. The number of piperazine rings is 2. The van der Waals surface area contributed by atoms with Gasteiger partial charge in [0.1, 0.15) is 0 Å². The van der Waals surface area contributed by atoms with Crippen LogP contribution in [0.15, 0.2) is 41.3 Å². The number of hydrogen-bond acceptors (Lipinski definition) is 14. The smallest absolute Gasteiger partial charge is 0.239 e. The zero-order valence-electron chi connectivity index (χ0n) is 37.5. The highest BCUT2D eigenvalue weighted by atomic mass is 32.2. The fourth-order valence-electron chi connectivity index (χ4n) is 11.1. The number of nitrogens with zero attached hydrogens (tertiary/aromatic N) is 6. The third kappa shape index (κ3) is 10.8. The Balaban J connectivity index is 0.719. The number of ether oxygens (including phenoxy) is 3. The van der Waals surface area contributed by atoms with Gasteiger partial charge in [0.05, 0.1) is 44.7 Å². The second kappa shape index (κ2) is 20.6. The molecule has 0 bridgehead atoms. The van der Waals surface area contributed by atoms with Crippen LogP contribution in [0.5, 0.6) is 5.75 Å². The summed E-state index contributed by atoms with van der Waals surface area (Å²) in [7, 11) is -4.00. The topological polar surface area (TPSA) is 172 Å². The van der Waals surface area contributed by atoms with Crippen molar-refractivity contribution < 1.29 is 36.6 Å². The fraction of sp³-hybridized carbons (Fsp3) is 0.702. The number of anilines is 2. The minimum atomic E-state index is -4.00. The van der Waals surface area contributed by atoms with Crippen LogP contribution in [0.3, 0.4) is 0 Å². The summed E-state index contributed by atoms with van der Waals surface area (Å²) in [6, 6.07) is 5.78. The molecule has 2 saturated carbocycles. The number of sulfone groups is 1. The molecule has 3 unspecified atom stereocenters. The van der Waals surface area contributed by atoms with Gasteiger partial charge in [-0.15, -0.1) is 0 Å². The Hall–Kier alpha value is -4.03. The molecule has 3 atom stereocenters. The van der Waals surface area contributed by atoms with Crippen LogP contribution in [0.4, 0.5) is 11.6 Å². The molecule has 17 heteroatoms. The lowest BCUT2D eigenvalue weighted by Gasteiger charge is -2.38. The van der Waals surface area contributed by atoms with E-state index in [1.54, 1.807) is 6.26 Å². The van der Waals surface area contributed by atoms with E-state index >= 15 is 0 Å². The highest BCUT2D eigenvalue weighted by molar-refractivity contribution is 7.92. The Morgan fingerprint density at radius 2 is 1.33 bits per heavy atom. The van der Waals surface area contributed by atoms with E-state index in [9.17, 15) is 18.0 Å². The van der Waals surface area contributed by atoms with Gasteiger partial charge in [-0.25, -0.2) is 18.4 Å². The number of carbonyl (C=O) groups is 2. The zero-order chi connectivity index (χ0) is 44.0. The van der Waals surface area contributed by atoms with Crippen molar-refractivity contribution in [2.45, 2.75) is 94.1 Å². The summed E-state index contributed by atoms with van der Waals surface area (Å²) in [5.74, 6) is 1.70. The standard InChI is InChI=1S/C47H68N8O8S/c1-64(58,59)43(47(57)51-38-8-4-34(5-9-38)13-19-53-22-26-55(27-23-53)45-42-36(11-17-49-45)15-29-63-42)40(39-32-60-30-31-61-39)46(56)50-37-6-2-33(3-7-37)12-18-52-20-24-54(25-21-52)44-41-35(10-16-48-44)14-28-62-41/h10-11,15-17,29,33-34,37-40,43H,2-9,12-14,18-28,30-32H2,1H3,(H,50,56)(H,51,57). The van der Waals surface area contributed by atoms with Gasteiger partial charge < -0.3 is 39.1 Å². The van der Waals surface area contributed by atoms with Gasteiger partial charge in [-0.05, 0) is 107 Å². The van der Waals surface area contributed by atoms with Crippen molar-refractivity contribution in [1.82, 2.24) is 30.4 Å². The maximum atomic E-state index is 14.2. The first-order valence-electron chi connectivity index (χ1n) is 24.0. The molecule has 9 rings (SSSR count). The molecular weight excluding hydrogens is 837 g/mol. The Labute approximate surface area is 378 Å². The molecule has 3 aromatic heterocycles. The van der Waals surface area contributed by atoms with Gasteiger partial charge in [0.25, 0.3) is 0 Å². The van der Waals surface area contributed by atoms with Crippen LogP contribution < -0.4 is 25.2 Å². The van der Waals surface area contributed by atoms with Crippen LogP contribution in [0.25, 0.3) is 11.0 Å². The predicted octanol–water partition coefficient (Wildman–Crippen LogP) is 3.68. The molecule has 3 aromatic rings. The van der Waals surface area contributed by atoms with E-state index in [4.69, 9.17) is 18.6 Å². The van der Waals surface area contributed by atoms with Crippen LogP contribution in [-0.2, 0) is 35.3 Å². The Bertz CT molecular complexity index is 2140. The highest BCUT2D eigenvalue weighted by Gasteiger charge is 2.48. The molecule has 0 aromatic carbocycles. The third-order valence-corrected chi connectivity index (χ3v) is 16.4. The van der Waals surface area contributed by atoms with Crippen LogP contribution >= 0.6 is 0 Å². The lowest BCUT2D eigenvalue weighted by molar-refractivity contribution is -0.148. The van der Waals surface area contributed by atoms with E-state index in [2.05, 4.69) is 46.3 Å².